The number of ether oxygens (including phenoxy) is 1. The van der Waals surface area contributed by atoms with Crippen LogP contribution in [0.5, 0.6) is 5.75 Å². The SMILES string of the molecule is COc1ccc(Br)cc1C(=O)Nc1ccc(NC(=O)c2ccccc2)cc1. The lowest BCUT2D eigenvalue weighted by Crippen LogP contribution is -2.14. The Morgan fingerprint density at radius 2 is 1.41 bits per heavy atom. The molecule has 0 aliphatic rings. The Balaban J connectivity index is 1.68. The van der Waals surface area contributed by atoms with Crippen LogP contribution in [0, 0.1) is 0 Å². The molecular formula is C21H17BrN2O3. The molecule has 0 atom stereocenters. The number of rotatable bonds is 5. The fourth-order valence-corrected chi connectivity index (χ4v) is 2.85. The Labute approximate surface area is 165 Å². The Morgan fingerprint density at radius 3 is 2.00 bits per heavy atom. The average molecular weight is 425 g/mol. The minimum atomic E-state index is -0.283. The molecular weight excluding hydrogens is 408 g/mol. The van der Waals surface area contributed by atoms with Crippen LogP contribution >= 0.6 is 15.9 Å². The molecule has 27 heavy (non-hydrogen) atoms. The van der Waals surface area contributed by atoms with Gasteiger partial charge in [-0.1, -0.05) is 34.1 Å². The van der Waals surface area contributed by atoms with Crippen molar-refractivity contribution < 1.29 is 14.3 Å². The van der Waals surface area contributed by atoms with Gasteiger partial charge in [0.15, 0.2) is 0 Å². The van der Waals surface area contributed by atoms with E-state index in [-0.39, 0.29) is 11.8 Å². The maximum Gasteiger partial charge on any atom is 0.259 e. The zero-order valence-corrected chi connectivity index (χ0v) is 16.1. The Morgan fingerprint density at radius 1 is 0.815 bits per heavy atom. The van der Waals surface area contributed by atoms with Gasteiger partial charge in [-0.15, -0.1) is 0 Å². The molecule has 0 spiro atoms. The van der Waals surface area contributed by atoms with E-state index < -0.39 is 0 Å². The monoisotopic (exact) mass is 424 g/mol. The topological polar surface area (TPSA) is 67.4 Å². The number of benzene rings is 3. The van der Waals surface area contributed by atoms with Crippen LogP contribution in [-0.4, -0.2) is 18.9 Å². The molecule has 0 heterocycles. The summed E-state index contributed by atoms with van der Waals surface area (Å²) in [4.78, 5) is 24.7. The summed E-state index contributed by atoms with van der Waals surface area (Å²) >= 11 is 3.36. The van der Waals surface area contributed by atoms with Crippen molar-refractivity contribution in [2.75, 3.05) is 17.7 Å². The van der Waals surface area contributed by atoms with Gasteiger partial charge in [0.2, 0.25) is 0 Å². The molecule has 3 rings (SSSR count). The van der Waals surface area contributed by atoms with E-state index in [1.54, 1.807) is 54.6 Å². The molecule has 2 amide bonds. The van der Waals surface area contributed by atoms with E-state index >= 15 is 0 Å². The number of nitrogens with one attached hydrogen (secondary N) is 2. The molecule has 6 heteroatoms. The first-order chi connectivity index (χ1) is 13.1. The average Bonchev–Trinajstić information content (AvgIpc) is 2.70. The highest BCUT2D eigenvalue weighted by Crippen LogP contribution is 2.24. The first-order valence-electron chi connectivity index (χ1n) is 8.18. The fourth-order valence-electron chi connectivity index (χ4n) is 2.49. The van der Waals surface area contributed by atoms with E-state index in [2.05, 4.69) is 26.6 Å². The summed E-state index contributed by atoms with van der Waals surface area (Å²) in [6, 6.07) is 21.1. The van der Waals surface area contributed by atoms with Crippen LogP contribution in [0.25, 0.3) is 0 Å². The van der Waals surface area contributed by atoms with Crippen LogP contribution in [-0.2, 0) is 0 Å². The second-order valence-electron chi connectivity index (χ2n) is 5.70. The van der Waals surface area contributed by atoms with Crippen LogP contribution in [0.4, 0.5) is 11.4 Å². The molecule has 3 aromatic rings. The summed E-state index contributed by atoms with van der Waals surface area (Å²) in [5, 5.41) is 5.64. The molecule has 0 fully saturated rings. The summed E-state index contributed by atoms with van der Waals surface area (Å²) in [5.41, 5.74) is 2.26. The van der Waals surface area contributed by atoms with Crippen LogP contribution in [0.3, 0.4) is 0 Å². The van der Waals surface area contributed by atoms with E-state index in [0.717, 1.165) is 4.47 Å². The lowest BCUT2D eigenvalue weighted by atomic mass is 10.1. The molecule has 0 saturated heterocycles. The van der Waals surface area contributed by atoms with Crippen molar-refractivity contribution >= 4 is 39.1 Å². The highest BCUT2D eigenvalue weighted by atomic mass is 79.9. The lowest BCUT2D eigenvalue weighted by Gasteiger charge is -2.11. The maximum atomic E-state index is 12.5. The molecule has 5 nitrogen and oxygen atoms in total. The molecule has 0 aliphatic heterocycles. The van der Waals surface area contributed by atoms with Crippen LogP contribution in [0.15, 0.2) is 77.3 Å². The van der Waals surface area contributed by atoms with Gasteiger partial charge in [0.05, 0.1) is 12.7 Å². The Hall–Kier alpha value is -3.12. The summed E-state index contributed by atoms with van der Waals surface area (Å²) in [5.74, 6) is 0.0166. The van der Waals surface area contributed by atoms with E-state index in [1.807, 2.05) is 18.2 Å². The molecule has 0 saturated carbocycles. The summed E-state index contributed by atoms with van der Waals surface area (Å²) in [7, 11) is 1.52. The number of anilines is 2. The predicted octanol–water partition coefficient (Wildman–Crippen LogP) is 4.96. The van der Waals surface area contributed by atoms with Crippen molar-refractivity contribution in [2.45, 2.75) is 0 Å². The quantitative estimate of drug-likeness (QED) is 0.607. The molecule has 2 N–H and O–H groups in total. The minimum Gasteiger partial charge on any atom is -0.496 e. The largest absolute Gasteiger partial charge is 0.496 e. The first kappa shape index (κ1) is 18.7. The number of amides is 2. The van der Waals surface area contributed by atoms with Gasteiger partial charge >= 0.3 is 0 Å². The second-order valence-corrected chi connectivity index (χ2v) is 6.61. The summed E-state index contributed by atoms with van der Waals surface area (Å²) < 4.78 is 6.02. The fraction of sp³-hybridized carbons (Fsp3) is 0.0476. The number of carbonyl (C=O) groups excluding carboxylic acids is 2. The highest BCUT2D eigenvalue weighted by molar-refractivity contribution is 9.10. The Kier molecular flexibility index (Phi) is 5.88. The van der Waals surface area contributed by atoms with Gasteiger partial charge in [-0.3, -0.25) is 9.59 Å². The number of methoxy groups -OCH3 is 1. The standard InChI is InChI=1S/C21H17BrN2O3/c1-27-19-12-7-15(22)13-18(19)21(26)24-17-10-8-16(9-11-17)23-20(25)14-5-3-2-4-6-14/h2-13H,1H3,(H,23,25)(H,24,26). The van der Waals surface area contributed by atoms with Gasteiger partial charge in [0, 0.05) is 21.4 Å². The van der Waals surface area contributed by atoms with Gasteiger partial charge in [-0.25, -0.2) is 0 Å². The molecule has 0 radical (unpaired) electrons. The van der Waals surface area contributed by atoms with E-state index in [4.69, 9.17) is 4.74 Å². The predicted molar refractivity (Wildman–Crippen MR) is 109 cm³/mol. The molecule has 0 aromatic heterocycles. The molecule has 0 aliphatic carbocycles. The smallest absolute Gasteiger partial charge is 0.259 e. The Bertz CT molecular complexity index is 957. The number of carbonyl (C=O) groups is 2. The molecule has 136 valence electrons. The van der Waals surface area contributed by atoms with Crippen molar-refractivity contribution in [1.82, 2.24) is 0 Å². The van der Waals surface area contributed by atoms with E-state index in [9.17, 15) is 9.59 Å². The van der Waals surface area contributed by atoms with Gasteiger partial charge in [-0.05, 0) is 54.6 Å². The third-order valence-electron chi connectivity index (χ3n) is 3.84. The van der Waals surface area contributed by atoms with Gasteiger partial charge in [-0.2, -0.15) is 0 Å². The van der Waals surface area contributed by atoms with Crippen LogP contribution < -0.4 is 15.4 Å². The molecule has 3 aromatic carbocycles. The van der Waals surface area contributed by atoms with Gasteiger partial charge < -0.3 is 15.4 Å². The normalized spacial score (nSPS) is 10.1. The third kappa shape index (κ3) is 4.74. The molecule has 0 unspecified atom stereocenters. The minimum absolute atomic E-state index is 0.189. The lowest BCUT2D eigenvalue weighted by molar-refractivity contribution is 0.101. The van der Waals surface area contributed by atoms with Gasteiger partial charge in [0.1, 0.15) is 5.75 Å². The number of halogens is 1. The summed E-state index contributed by atoms with van der Waals surface area (Å²) in [6.45, 7) is 0. The third-order valence-corrected chi connectivity index (χ3v) is 4.34. The first-order valence-corrected chi connectivity index (χ1v) is 8.97. The van der Waals surface area contributed by atoms with Crippen LogP contribution in [0.1, 0.15) is 20.7 Å². The second kappa shape index (κ2) is 8.51. The van der Waals surface area contributed by atoms with Crippen molar-refractivity contribution in [3.63, 3.8) is 0 Å². The zero-order chi connectivity index (χ0) is 19.2. The molecule has 0 bridgehead atoms. The van der Waals surface area contributed by atoms with Crippen molar-refractivity contribution in [3.05, 3.63) is 88.4 Å². The van der Waals surface area contributed by atoms with E-state index in [1.165, 1.54) is 7.11 Å². The van der Waals surface area contributed by atoms with Crippen molar-refractivity contribution in [1.29, 1.82) is 0 Å². The van der Waals surface area contributed by atoms with Crippen LogP contribution in [0.2, 0.25) is 0 Å². The highest BCUT2D eigenvalue weighted by Gasteiger charge is 2.13. The zero-order valence-electron chi connectivity index (χ0n) is 14.5. The summed E-state index contributed by atoms with van der Waals surface area (Å²) in [6.07, 6.45) is 0. The van der Waals surface area contributed by atoms with Gasteiger partial charge in [0.25, 0.3) is 11.8 Å². The van der Waals surface area contributed by atoms with Crippen molar-refractivity contribution in [3.8, 4) is 5.75 Å². The maximum absolute atomic E-state index is 12.5. The number of hydrogen-bond acceptors (Lipinski definition) is 3. The van der Waals surface area contributed by atoms with E-state index in [0.29, 0.717) is 28.3 Å². The van der Waals surface area contributed by atoms with Crippen molar-refractivity contribution in [2.24, 2.45) is 0 Å². The number of hydrogen-bond donors (Lipinski definition) is 2.